The molecule has 0 saturated carbocycles. The molecule has 1 saturated heterocycles. The predicted octanol–water partition coefficient (Wildman–Crippen LogP) is 5.03. The molecule has 1 N–H and O–H groups in total. The number of carbonyl (C=O) groups is 2. The smallest absolute Gasteiger partial charge is 0.289 e. The summed E-state index contributed by atoms with van der Waals surface area (Å²) in [6.07, 6.45) is 0. The lowest BCUT2D eigenvalue weighted by molar-refractivity contribution is -0.118. The van der Waals surface area contributed by atoms with E-state index in [1.165, 1.54) is 0 Å². The summed E-state index contributed by atoms with van der Waals surface area (Å²) in [6.45, 7) is 6.63. The number of para-hydroxylation sites is 1. The zero-order chi connectivity index (χ0) is 25.1. The number of carbonyl (C=O) groups excluding carboxylic acids is 2. The van der Waals surface area contributed by atoms with E-state index in [0.29, 0.717) is 30.3 Å². The Morgan fingerprint density at radius 2 is 1.58 bits per heavy atom. The van der Waals surface area contributed by atoms with Crippen LogP contribution in [-0.4, -0.2) is 49.5 Å². The van der Waals surface area contributed by atoms with Gasteiger partial charge in [0.15, 0.2) is 12.4 Å². The molecule has 0 bridgehead atoms. The van der Waals surface area contributed by atoms with E-state index < -0.39 is 0 Å². The van der Waals surface area contributed by atoms with E-state index in [-0.39, 0.29) is 18.4 Å². The van der Waals surface area contributed by atoms with Crippen molar-refractivity contribution in [1.82, 2.24) is 4.90 Å². The highest BCUT2D eigenvalue weighted by atomic mass is 16.5. The average molecular weight is 484 g/mol. The van der Waals surface area contributed by atoms with Gasteiger partial charge in [-0.1, -0.05) is 24.3 Å². The molecular weight excluding hydrogens is 454 g/mol. The minimum absolute atomic E-state index is 0.0497. The van der Waals surface area contributed by atoms with Crippen molar-refractivity contribution in [3.63, 3.8) is 0 Å². The summed E-state index contributed by atoms with van der Waals surface area (Å²) in [7, 11) is 0. The second-order valence-corrected chi connectivity index (χ2v) is 9.13. The van der Waals surface area contributed by atoms with Crippen molar-refractivity contribution < 1.29 is 18.7 Å². The third-order valence-corrected chi connectivity index (χ3v) is 6.28. The van der Waals surface area contributed by atoms with Gasteiger partial charge < -0.3 is 24.3 Å². The van der Waals surface area contributed by atoms with Crippen LogP contribution in [0.25, 0.3) is 11.0 Å². The van der Waals surface area contributed by atoms with E-state index in [1.54, 1.807) is 0 Å². The molecule has 2 heterocycles. The zero-order valence-corrected chi connectivity index (χ0v) is 20.5. The number of hydrogen-bond acceptors (Lipinski definition) is 5. The molecule has 3 aromatic carbocycles. The molecule has 0 atom stereocenters. The van der Waals surface area contributed by atoms with Gasteiger partial charge in [0.05, 0.1) is 0 Å². The average Bonchev–Trinajstić information content (AvgIpc) is 3.32. The monoisotopic (exact) mass is 483 g/mol. The minimum Gasteiger partial charge on any atom is -0.484 e. The van der Waals surface area contributed by atoms with Crippen molar-refractivity contribution in [2.24, 2.45) is 0 Å². The Labute approximate surface area is 210 Å². The summed E-state index contributed by atoms with van der Waals surface area (Å²) in [6, 6.07) is 23.1. The van der Waals surface area contributed by atoms with Gasteiger partial charge in [0.25, 0.3) is 11.8 Å². The van der Waals surface area contributed by atoms with Gasteiger partial charge in [-0.25, -0.2) is 0 Å². The molecule has 1 aliphatic rings. The first-order valence-corrected chi connectivity index (χ1v) is 12.1. The van der Waals surface area contributed by atoms with Gasteiger partial charge in [0.1, 0.15) is 11.3 Å². The lowest BCUT2D eigenvalue weighted by atomic mass is 10.1. The number of aryl methyl sites for hydroxylation is 2. The molecule has 0 radical (unpaired) electrons. The van der Waals surface area contributed by atoms with Gasteiger partial charge >= 0.3 is 0 Å². The molecule has 0 unspecified atom stereocenters. The highest BCUT2D eigenvalue weighted by Gasteiger charge is 2.24. The van der Waals surface area contributed by atoms with E-state index in [4.69, 9.17) is 9.15 Å². The van der Waals surface area contributed by atoms with Gasteiger partial charge in [0, 0.05) is 42.9 Å². The van der Waals surface area contributed by atoms with Crippen LogP contribution in [0.2, 0.25) is 0 Å². The van der Waals surface area contributed by atoms with Crippen LogP contribution in [0, 0.1) is 13.8 Å². The molecule has 4 aromatic rings. The summed E-state index contributed by atoms with van der Waals surface area (Å²) in [5, 5.41) is 3.81. The van der Waals surface area contributed by atoms with Crippen molar-refractivity contribution in [2.45, 2.75) is 13.8 Å². The number of ether oxygens (including phenoxy) is 1. The topological polar surface area (TPSA) is 75.0 Å². The number of nitrogens with one attached hydrogen (secondary N) is 1. The highest BCUT2D eigenvalue weighted by molar-refractivity contribution is 5.96. The summed E-state index contributed by atoms with van der Waals surface area (Å²) in [5.41, 5.74) is 4.69. The Bertz CT molecular complexity index is 1330. The maximum Gasteiger partial charge on any atom is 0.289 e. The van der Waals surface area contributed by atoms with Crippen LogP contribution >= 0.6 is 0 Å². The molecule has 0 spiro atoms. The Morgan fingerprint density at radius 3 is 2.28 bits per heavy atom. The first-order chi connectivity index (χ1) is 17.4. The molecule has 1 aromatic heterocycles. The van der Waals surface area contributed by atoms with E-state index in [1.807, 2.05) is 85.5 Å². The highest BCUT2D eigenvalue weighted by Crippen LogP contribution is 2.23. The second-order valence-electron chi connectivity index (χ2n) is 9.13. The van der Waals surface area contributed by atoms with Crippen LogP contribution < -0.4 is 15.0 Å². The van der Waals surface area contributed by atoms with Crippen LogP contribution in [0.5, 0.6) is 5.75 Å². The third-order valence-electron chi connectivity index (χ3n) is 6.28. The Kier molecular flexibility index (Phi) is 6.62. The van der Waals surface area contributed by atoms with Crippen LogP contribution in [0.4, 0.5) is 11.4 Å². The molecule has 184 valence electrons. The first-order valence-electron chi connectivity index (χ1n) is 12.1. The van der Waals surface area contributed by atoms with E-state index >= 15 is 0 Å². The van der Waals surface area contributed by atoms with Crippen molar-refractivity contribution in [2.75, 3.05) is 43.0 Å². The number of fused-ring (bicyclic) bond motifs is 1. The zero-order valence-electron chi connectivity index (χ0n) is 20.5. The van der Waals surface area contributed by atoms with Crippen LogP contribution in [0.3, 0.4) is 0 Å². The fraction of sp³-hybridized carbons (Fsp3) is 0.241. The number of furan rings is 1. The van der Waals surface area contributed by atoms with E-state index in [9.17, 15) is 9.59 Å². The normalized spacial score (nSPS) is 13.6. The second kappa shape index (κ2) is 10.2. The molecule has 2 amide bonds. The standard InChI is InChI=1S/C29H29N3O4/c1-20-15-21(2)17-25(16-20)35-19-28(33)30-23-7-9-24(10-8-23)31-11-13-32(14-12-31)29(34)27-18-22-5-3-4-6-26(22)36-27/h3-10,15-18H,11-14,19H2,1-2H3,(H,30,33). The van der Waals surface area contributed by atoms with Crippen LogP contribution in [0.1, 0.15) is 21.7 Å². The largest absolute Gasteiger partial charge is 0.484 e. The summed E-state index contributed by atoms with van der Waals surface area (Å²) in [4.78, 5) is 29.3. The number of hydrogen-bond donors (Lipinski definition) is 1. The minimum atomic E-state index is -0.209. The summed E-state index contributed by atoms with van der Waals surface area (Å²) in [5.74, 6) is 0.786. The van der Waals surface area contributed by atoms with Gasteiger partial charge in [-0.3, -0.25) is 9.59 Å². The fourth-order valence-electron chi connectivity index (χ4n) is 4.53. The molecule has 1 fully saturated rings. The Hall–Kier alpha value is -4.26. The predicted molar refractivity (Wildman–Crippen MR) is 141 cm³/mol. The Morgan fingerprint density at radius 1 is 0.889 bits per heavy atom. The molecule has 36 heavy (non-hydrogen) atoms. The molecule has 7 nitrogen and oxygen atoms in total. The number of benzene rings is 3. The molecule has 5 rings (SSSR count). The number of anilines is 2. The van der Waals surface area contributed by atoms with E-state index in [0.717, 1.165) is 40.9 Å². The molecule has 1 aliphatic heterocycles. The Balaban J connectivity index is 1.12. The summed E-state index contributed by atoms with van der Waals surface area (Å²) < 4.78 is 11.4. The molecule has 7 heteroatoms. The third kappa shape index (κ3) is 5.35. The lowest BCUT2D eigenvalue weighted by Crippen LogP contribution is -2.48. The quantitative estimate of drug-likeness (QED) is 0.416. The molecular formula is C29H29N3O4. The van der Waals surface area contributed by atoms with Gasteiger partial charge in [-0.15, -0.1) is 0 Å². The number of nitrogens with zero attached hydrogens (tertiary/aromatic N) is 2. The van der Waals surface area contributed by atoms with E-state index in [2.05, 4.69) is 16.3 Å². The van der Waals surface area contributed by atoms with Crippen LogP contribution in [-0.2, 0) is 4.79 Å². The van der Waals surface area contributed by atoms with Crippen molar-refractivity contribution in [3.8, 4) is 5.75 Å². The number of amides is 2. The number of piperazine rings is 1. The maximum absolute atomic E-state index is 12.9. The SMILES string of the molecule is Cc1cc(C)cc(OCC(=O)Nc2ccc(N3CCN(C(=O)c4cc5ccccc5o4)CC3)cc2)c1. The van der Waals surface area contributed by atoms with Gasteiger partial charge in [-0.05, 0) is 73.5 Å². The van der Waals surface area contributed by atoms with Crippen molar-refractivity contribution in [1.29, 1.82) is 0 Å². The van der Waals surface area contributed by atoms with Gasteiger partial charge in [-0.2, -0.15) is 0 Å². The number of rotatable bonds is 6. The first kappa shape index (κ1) is 23.5. The van der Waals surface area contributed by atoms with Crippen LogP contribution in [0.15, 0.2) is 77.2 Å². The summed E-state index contributed by atoms with van der Waals surface area (Å²) >= 11 is 0. The lowest BCUT2D eigenvalue weighted by Gasteiger charge is -2.35. The van der Waals surface area contributed by atoms with Gasteiger partial charge in [0.2, 0.25) is 0 Å². The fourth-order valence-corrected chi connectivity index (χ4v) is 4.53. The van der Waals surface area contributed by atoms with Crippen molar-refractivity contribution in [3.05, 3.63) is 89.7 Å². The van der Waals surface area contributed by atoms with Crippen molar-refractivity contribution >= 4 is 34.2 Å². The molecule has 0 aliphatic carbocycles. The maximum atomic E-state index is 12.9.